The molecule has 1 aliphatic heterocycles. The minimum absolute atomic E-state index is 0. The third-order valence-electron chi connectivity index (χ3n) is 4.44. The number of rotatable bonds is 4. The van der Waals surface area contributed by atoms with Crippen LogP contribution in [0.15, 0.2) is 12.1 Å². The van der Waals surface area contributed by atoms with E-state index in [1.165, 1.54) is 4.90 Å². The first kappa shape index (κ1) is 22.2. The fraction of sp³-hybridized carbons (Fsp3) is 0.529. The Morgan fingerprint density at radius 3 is 2.15 bits per heavy atom. The third-order valence-corrected chi connectivity index (χ3v) is 4.44. The number of likely N-dealkylation sites (tertiary alicyclic amines) is 1. The van der Waals surface area contributed by atoms with Gasteiger partial charge in [-0.05, 0) is 31.9 Å². The van der Waals surface area contributed by atoms with Gasteiger partial charge < -0.3 is 10.4 Å². The van der Waals surface area contributed by atoms with Gasteiger partial charge in [0.15, 0.2) is 0 Å². The van der Waals surface area contributed by atoms with Crippen LogP contribution in [0.25, 0.3) is 0 Å². The highest BCUT2D eigenvalue weighted by molar-refractivity contribution is 5.94. The minimum atomic E-state index is -4.60. The van der Waals surface area contributed by atoms with E-state index in [0.29, 0.717) is 5.69 Å². The van der Waals surface area contributed by atoms with Crippen molar-refractivity contribution >= 4 is 30.0 Å². The molecule has 0 saturated carbocycles. The number of hydrogen-bond donors (Lipinski definition) is 2. The molecule has 2 N–H and O–H groups in total. The van der Waals surface area contributed by atoms with E-state index in [0.717, 1.165) is 16.7 Å². The summed E-state index contributed by atoms with van der Waals surface area (Å²) >= 11 is 0. The van der Waals surface area contributed by atoms with Crippen molar-refractivity contribution in [2.45, 2.75) is 26.9 Å². The average Bonchev–Trinajstić information content (AvgIpc) is 2.87. The summed E-state index contributed by atoms with van der Waals surface area (Å²) in [5.41, 5.74) is 3.41. The average molecular weight is 395 g/mol. The predicted molar refractivity (Wildman–Crippen MR) is 93.6 cm³/mol. The van der Waals surface area contributed by atoms with Crippen LogP contribution in [0.3, 0.4) is 0 Å². The molecule has 9 heteroatoms. The number of aryl methyl sites for hydroxylation is 3. The quantitative estimate of drug-likeness (QED) is 0.823. The number of amides is 1. The van der Waals surface area contributed by atoms with E-state index in [9.17, 15) is 22.8 Å². The summed E-state index contributed by atoms with van der Waals surface area (Å²) in [7, 11) is 0. The molecule has 0 unspecified atom stereocenters. The van der Waals surface area contributed by atoms with Crippen LogP contribution in [-0.2, 0) is 9.59 Å². The van der Waals surface area contributed by atoms with Crippen LogP contribution in [0.1, 0.15) is 16.7 Å². The van der Waals surface area contributed by atoms with E-state index in [1.54, 1.807) is 0 Å². The number of nitrogens with zero attached hydrogens (tertiary/aromatic N) is 1. The van der Waals surface area contributed by atoms with Gasteiger partial charge in [0.05, 0.1) is 18.4 Å². The number of carbonyl (C=O) groups is 2. The molecule has 1 saturated heterocycles. The second-order valence-electron chi connectivity index (χ2n) is 6.61. The molecule has 5 nitrogen and oxygen atoms in total. The van der Waals surface area contributed by atoms with Crippen molar-refractivity contribution in [3.63, 3.8) is 0 Å². The van der Waals surface area contributed by atoms with Crippen LogP contribution in [-0.4, -0.2) is 47.7 Å². The standard InChI is InChI=1S/C17H21F3N2O3.ClH/c1-9-4-10(2)15(11(3)5-9)21-14(23)8-22-6-12(16(24)25)13(7-22)17(18,19)20;/h4-5,12-13H,6-8H2,1-3H3,(H,21,23)(H,24,25);1H/t12-,13-;/m1./s1. The molecular weight excluding hydrogens is 373 g/mol. The number of aliphatic carboxylic acids is 1. The molecule has 0 bridgehead atoms. The minimum Gasteiger partial charge on any atom is -0.481 e. The number of benzene rings is 1. The highest BCUT2D eigenvalue weighted by atomic mass is 35.5. The zero-order chi connectivity index (χ0) is 18.9. The van der Waals surface area contributed by atoms with Crippen LogP contribution in [0, 0.1) is 32.6 Å². The summed E-state index contributed by atoms with van der Waals surface area (Å²) in [6.07, 6.45) is -4.60. The van der Waals surface area contributed by atoms with E-state index in [1.807, 2.05) is 32.9 Å². The zero-order valence-electron chi connectivity index (χ0n) is 14.7. The Balaban J connectivity index is 0.00000338. The fourth-order valence-electron chi connectivity index (χ4n) is 3.36. The first-order chi connectivity index (χ1) is 11.5. The molecule has 0 radical (unpaired) electrons. The number of carboxylic acid groups (broad SMARTS) is 1. The molecule has 1 aliphatic rings. The van der Waals surface area contributed by atoms with Gasteiger partial charge in [-0.2, -0.15) is 13.2 Å². The second kappa shape index (κ2) is 8.26. The van der Waals surface area contributed by atoms with Crippen molar-refractivity contribution in [3.05, 3.63) is 28.8 Å². The largest absolute Gasteiger partial charge is 0.481 e. The van der Waals surface area contributed by atoms with Crippen molar-refractivity contribution < 1.29 is 27.9 Å². The molecule has 2 rings (SSSR count). The monoisotopic (exact) mass is 394 g/mol. The number of carbonyl (C=O) groups excluding carboxylic acids is 1. The molecule has 1 aromatic rings. The lowest BCUT2D eigenvalue weighted by molar-refractivity contribution is -0.188. The van der Waals surface area contributed by atoms with Gasteiger partial charge in [-0.3, -0.25) is 14.5 Å². The Hall–Kier alpha value is -1.80. The molecule has 2 atom stereocenters. The van der Waals surface area contributed by atoms with E-state index in [4.69, 9.17) is 5.11 Å². The van der Waals surface area contributed by atoms with Gasteiger partial charge in [0.25, 0.3) is 0 Å². The summed E-state index contributed by atoms with van der Waals surface area (Å²) in [5.74, 6) is -5.45. The van der Waals surface area contributed by atoms with Crippen molar-refractivity contribution in [3.8, 4) is 0 Å². The van der Waals surface area contributed by atoms with Crippen LogP contribution in [0.2, 0.25) is 0 Å². The highest BCUT2D eigenvalue weighted by Gasteiger charge is 2.52. The molecule has 26 heavy (non-hydrogen) atoms. The van der Waals surface area contributed by atoms with Crippen molar-refractivity contribution in [2.75, 3.05) is 25.0 Å². The number of nitrogens with one attached hydrogen (secondary N) is 1. The summed E-state index contributed by atoms with van der Waals surface area (Å²) in [5, 5.41) is 11.7. The zero-order valence-corrected chi connectivity index (χ0v) is 15.5. The smallest absolute Gasteiger partial charge is 0.393 e. The van der Waals surface area contributed by atoms with Crippen molar-refractivity contribution in [1.82, 2.24) is 4.90 Å². The highest BCUT2D eigenvalue weighted by Crippen LogP contribution is 2.37. The van der Waals surface area contributed by atoms with E-state index in [2.05, 4.69) is 5.32 Å². The normalized spacial score (nSPS) is 20.5. The van der Waals surface area contributed by atoms with E-state index >= 15 is 0 Å². The summed E-state index contributed by atoms with van der Waals surface area (Å²) in [6.45, 7) is 4.55. The number of carboxylic acids is 1. The Bertz CT molecular complexity index is 671. The molecule has 0 aliphatic carbocycles. The van der Waals surface area contributed by atoms with E-state index < -0.39 is 36.4 Å². The number of anilines is 1. The topological polar surface area (TPSA) is 69.6 Å². The molecule has 1 fully saturated rings. The van der Waals surface area contributed by atoms with Gasteiger partial charge in [-0.1, -0.05) is 17.7 Å². The Morgan fingerprint density at radius 1 is 1.19 bits per heavy atom. The van der Waals surface area contributed by atoms with Gasteiger partial charge in [0, 0.05) is 18.8 Å². The molecule has 0 aromatic heterocycles. The SMILES string of the molecule is Cc1cc(C)c(NC(=O)CN2C[C@@H](C(F)(F)F)[C@H](C(=O)O)C2)c(C)c1.Cl. The lowest BCUT2D eigenvalue weighted by Crippen LogP contribution is -2.34. The van der Waals surface area contributed by atoms with Gasteiger partial charge in [-0.25, -0.2) is 0 Å². The van der Waals surface area contributed by atoms with Gasteiger partial charge in [0.2, 0.25) is 5.91 Å². The predicted octanol–water partition coefficient (Wildman–Crippen LogP) is 3.17. The first-order valence-corrected chi connectivity index (χ1v) is 7.88. The maximum absolute atomic E-state index is 13.0. The van der Waals surface area contributed by atoms with Crippen LogP contribution in [0.5, 0.6) is 0 Å². The van der Waals surface area contributed by atoms with Crippen LogP contribution < -0.4 is 5.32 Å². The molecule has 1 amide bonds. The Morgan fingerprint density at radius 2 is 1.73 bits per heavy atom. The molecule has 1 aromatic carbocycles. The first-order valence-electron chi connectivity index (χ1n) is 7.88. The Kier molecular flexibility index (Phi) is 7.07. The molecule has 146 valence electrons. The van der Waals surface area contributed by atoms with Gasteiger partial charge >= 0.3 is 12.1 Å². The maximum Gasteiger partial charge on any atom is 0.393 e. The lowest BCUT2D eigenvalue weighted by Gasteiger charge is -2.19. The molecule has 1 heterocycles. The fourth-order valence-corrected chi connectivity index (χ4v) is 3.36. The third kappa shape index (κ3) is 5.11. The summed E-state index contributed by atoms with van der Waals surface area (Å²) in [4.78, 5) is 24.5. The van der Waals surface area contributed by atoms with E-state index in [-0.39, 0.29) is 25.5 Å². The van der Waals surface area contributed by atoms with Gasteiger partial charge in [-0.15, -0.1) is 12.4 Å². The van der Waals surface area contributed by atoms with Crippen molar-refractivity contribution in [2.24, 2.45) is 11.8 Å². The number of halogens is 4. The van der Waals surface area contributed by atoms with Crippen LogP contribution >= 0.6 is 12.4 Å². The van der Waals surface area contributed by atoms with Crippen molar-refractivity contribution in [1.29, 1.82) is 0 Å². The Labute approximate surface area is 156 Å². The second-order valence-corrected chi connectivity index (χ2v) is 6.61. The number of alkyl halides is 3. The summed E-state index contributed by atoms with van der Waals surface area (Å²) < 4.78 is 38.9. The lowest BCUT2D eigenvalue weighted by atomic mass is 9.96. The summed E-state index contributed by atoms with van der Waals surface area (Å²) in [6, 6.07) is 3.80. The molecule has 0 spiro atoms. The number of hydrogen-bond acceptors (Lipinski definition) is 3. The van der Waals surface area contributed by atoms with Gasteiger partial charge in [0.1, 0.15) is 0 Å². The van der Waals surface area contributed by atoms with Crippen LogP contribution in [0.4, 0.5) is 18.9 Å². The maximum atomic E-state index is 13.0. The molecular formula is C17H22ClF3N2O3.